The Kier molecular flexibility index (Phi) is 3.73. The van der Waals surface area contributed by atoms with Crippen molar-refractivity contribution < 1.29 is 12.8 Å². The summed E-state index contributed by atoms with van der Waals surface area (Å²) in [7, 11) is -3.54. The quantitative estimate of drug-likeness (QED) is 0.930. The fraction of sp³-hybridized carbons (Fsp3) is 0.308. The van der Waals surface area contributed by atoms with Crippen molar-refractivity contribution in [2.75, 3.05) is 0 Å². The van der Waals surface area contributed by atoms with E-state index in [-0.39, 0.29) is 11.4 Å². The van der Waals surface area contributed by atoms with Crippen LogP contribution in [0, 0.1) is 20.8 Å². The zero-order valence-electron chi connectivity index (χ0n) is 11.1. The summed E-state index contributed by atoms with van der Waals surface area (Å²) in [4.78, 5) is 4.20. The summed E-state index contributed by atoms with van der Waals surface area (Å²) in [5.41, 5.74) is 2.44. The summed E-state index contributed by atoms with van der Waals surface area (Å²) in [5, 5.41) is 0. The number of nitrogens with zero attached hydrogens (tertiary/aromatic N) is 1. The van der Waals surface area contributed by atoms with Gasteiger partial charge in [0, 0.05) is 0 Å². The van der Waals surface area contributed by atoms with Crippen LogP contribution in [0.2, 0.25) is 0 Å². The predicted molar refractivity (Wildman–Crippen MR) is 71.2 cm³/mol. The number of hydrogen-bond donors (Lipinski definition) is 1. The molecular weight excluding hydrogens is 264 g/mol. The van der Waals surface area contributed by atoms with Crippen LogP contribution in [-0.4, -0.2) is 13.4 Å². The van der Waals surface area contributed by atoms with E-state index in [4.69, 9.17) is 4.42 Å². The maximum atomic E-state index is 12.2. The molecule has 0 spiro atoms. The van der Waals surface area contributed by atoms with Gasteiger partial charge in [-0.3, -0.25) is 0 Å². The molecule has 0 saturated carbocycles. The van der Waals surface area contributed by atoms with Gasteiger partial charge in [0.15, 0.2) is 6.39 Å². The van der Waals surface area contributed by atoms with Crippen molar-refractivity contribution >= 4 is 10.0 Å². The van der Waals surface area contributed by atoms with E-state index in [1.165, 1.54) is 6.39 Å². The Morgan fingerprint density at radius 1 is 1.26 bits per heavy atom. The number of nitrogens with one attached hydrogen (secondary N) is 1. The molecule has 0 fully saturated rings. The smallest absolute Gasteiger partial charge is 0.241 e. The van der Waals surface area contributed by atoms with Crippen LogP contribution in [0.3, 0.4) is 0 Å². The van der Waals surface area contributed by atoms with Gasteiger partial charge in [0.1, 0.15) is 5.76 Å². The maximum Gasteiger partial charge on any atom is 0.241 e. The Morgan fingerprint density at radius 2 is 2.00 bits per heavy atom. The normalized spacial score (nSPS) is 11.7. The van der Waals surface area contributed by atoms with Crippen molar-refractivity contribution in [3.63, 3.8) is 0 Å². The van der Waals surface area contributed by atoms with Gasteiger partial charge in [-0.2, -0.15) is 0 Å². The molecule has 0 aliphatic carbocycles. The number of sulfonamides is 1. The summed E-state index contributed by atoms with van der Waals surface area (Å²) in [6.07, 6.45) is 1.30. The van der Waals surface area contributed by atoms with Crippen molar-refractivity contribution in [1.82, 2.24) is 9.71 Å². The minimum absolute atomic E-state index is 0.0987. The number of benzene rings is 1. The molecule has 0 amide bonds. The molecule has 2 rings (SSSR count). The number of aryl methyl sites for hydroxylation is 3. The predicted octanol–water partition coefficient (Wildman–Crippen LogP) is 2.08. The van der Waals surface area contributed by atoms with Crippen molar-refractivity contribution in [2.45, 2.75) is 32.2 Å². The van der Waals surface area contributed by atoms with Crippen LogP contribution in [0.15, 0.2) is 33.9 Å². The van der Waals surface area contributed by atoms with E-state index in [0.29, 0.717) is 11.5 Å². The molecule has 1 N–H and O–H groups in total. The van der Waals surface area contributed by atoms with Gasteiger partial charge in [-0.1, -0.05) is 17.7 Å². The monoisotopic (exact) mass is 280 g/mol. The highest BCUT2D eigenvalue weighted by molar-refractivity contribution is 7.89. The third-order valence-corrected chi connectivity index (χ3v) is 4.45. The number of rotatable bonds is 4. The van der Waals surface area contributed by atoms with E-state index in [9.17, 15) is 8.42 Å². The first-order chi connectivity index (χ1) is 8.90. The molecule has 0 atom stereocenters. The molecule has 1 aromatic carbocycles. The minimum atomic E-state index is -3.54. The van der Waals surface area contributed by atoms with E-state index >= 15 is 0 Å². The molecule has 102 valence electrons. The average molecular weight is 280 g/mol. The molecule has 0 saturated heterocycles. The number of aromatic nitrogens is 1. The third kappa shape index (κ3) is 3.02. The summed E-state index contributed by atoms with van der Waals surface area (Å²) >= 11 is 0. The van der Waals surface area contributed by atoms with Crippen molar-refractivity contribution in [1.29, 1.82) is 0 Å². The van der Waals surface area contributed by atoms with Gasteiger partial charge in [-0.05, 0) is 32.4 Å². The van der Waals surface area contributed by atoms with Gasteiger partial charge in [-0.25, -0.2) is 18.1 Å². The second-order valence-corrected chi connectivity index (χ2v) is 6.19. The summed E-state index contributed by atoms with van der Waals surface area (Å²) in [5.74, 6) is 0.522. The van der Waals surface area contributed by atoms with Gasteiger partial charge < -0.3 is 4.42 Å². The van der Waals surface area contributed by atoms with Crippen LogP contribution in [0.5, 0.6) is 0 Å². The Hall–Kier alpha value is -1.66. The van der Waals surface area contributed by atoms with Crippen molar-refractivity contribution in [3.8, 4) is 0 Å². The fourth-order valence-corrected chi connectivity index (χ4v) is 3.04. The van der Waals surface area contributed by atoms with E-state index in [1.807, 2.05) is 13.0 Å². The van der Waals surface area contributed by atoms with E-state index in [1.54, 1.807) is 26.0 Å². The molecule has 1 aromatic heterocycles. The lowest BCUT2D eigenvalue weighted by Gasteiger charge is -2.09. The highest BCUT2D eigenvalue weighted by Gasteiger charge is 2.17. The Labute approximate surface area is 112 Å². The largest absolute Gasteiger partial charge is 0.447 e. The van der Waals surface area contributed by atoms with Crippen molar-refractivity contribution in [3.05, 3.63) is 47.2 Å². The summed E-state index contributed by atoms with van der Waals surface area (Å²) in [6, 6.07) is 5.23. The Morgan fingerprint density at radius 3 is 2.58 bits per heavy atom. The van der Waals surface area contributed by atoms with E-state index < -0.39 is 10.0 Å². The van der Waals surface area contributed by atoms with Crippen LogP contribution in [0.25, 0.3) is 0 Å². The molecule has 5 nitrogen and oxygen atoms in total. The van der Waals surface area contributed by atoms with Crippen LogP contribution in [0.1, 0.15) is 22.6 Å². The topological polar surface area (TPSA) is 72.2 Å². The first-order valence-corrected chi connectivity index (χ1v) is 7.34. The molecule has 0 unspecified atom stereocenters. The summed E-state index contributed by atoms with van der Waals surface area (Å²) < 4.78 is 32.0. The zero-order valence-corrected chi connectivity index (χ0v) is 11.9. The molecule has 2 aromatic rings. The fourth-order valence-electron chi connectivity index (χ4n) is 1.84. The highest BCUT2D eigenvalue weighted by Crippen LogP contribution is 2.17. The third-order valence-electron chi connectivity index (χ3n) is 2.89. The van der Waals surface area contributed by atoms with Crippen molar-refractivity contribution in [2.24, 2.45) is 0 Å². The molecule has 1 heterocycles. The molecule has 0 radical (unpaired) electrons. The first kappa shape index (κ1) is 13.8. The lowest BCUT2D eigenvalue weighted by molar-refractivity contribution is 0.492. The minimum Gasteiger partial charge on any atom is -0.447 e. The SMILES string of the molecule is Cc1ccc(S(=O)(=O)NCc2ocnc2C)c(C)c1. The highest BCUT2D eigenvalue weighted by atomic mass is 32.2. The van der Waals surface area contributed by atoms with Gasteiger partial charge in [0.25, 0.3) is 0 Å². The molecule has 0 aliphatic rings. The second-order valence-electron chi connectivity index (χ2n) is 4.45. The molecule has 0 bridgehead atoms. The van der Waals surface area contributed by atoms with E-state index in [2.05, 4.69) is 9.71 Å². The second kappa shape index (κ2) is 5.14. The van der Waals surface area contributed by atoms with Gasteiger partial charge in [0.2, 0.25) is 10.0 Å². The Balaban J connectivity index is 2.21. The number of hydrogen-bond acceptors (Lipinski definition) is 4. The lowest BCUT2D eigenvalue weighted by Crippen LogP contribution is -2.24. The standard InChI is InChI=1S/C13H16N2O3S/c1-9-4-5-13(10(2)6-9)19(16,17)15-7-12-11(3)14-8-18-12/h4-6,8,15H,7H2,1-3H3. The van der Waals surface area contributed by atoms with Gasteiger partial charge in [0.05, 0.1) is 17.1 Å². The maximum absolute atomic E-state index is 12.2. The van der Waals surface area contributed by atoms with E-state index in [0.717, 1.165) is 11.1 Å². The Bertz CT molecular complexity index is 690. The molecule has 19 heavy (non-hydrogen) atoms. The lowest BCUT2D eigenvalue weighted by atomic mass is 10.2. The first-order valence-electron chi connectivity index (χ1n) is 5.86. The zero-order chi connectivity index (χ0) is 14.0. The molecule has 6 heteroatoms. The number of oxazole rings is 1. The van der Waals surface area contributed by atoms with Crippen LogP contribution in [-0.2, 0) is 16.6 Å². The summed E-state index contributed by atoms with van der Waals surface area (Å²) in [6.45, 7) is 5.57. The van der Waals surface area contributed by atoms with Crippen LogP contribution >= 0.6 is 0 Å². The van der Waals surface area contributed by atoms with Gasteiger partial charge >= 0.3 is 0 Å². The molecular formula is C13H16N2O3S. The van der Waals surface area contributed by atoms with Crippen LogP contribution in [0.4, 0.5) is 0 Å². The molecule has 0 aliphatic heterocycles. The average Bonchev–Trinajstić information content (AvgIpc) is 2.72. The van der Waals surface area contributed by atoms with Crippen LogP contribution < -0.4 is 4.72 Å². The van der Waals surface area contributed by atoms with Gasteiger partial charge in [-0.15, -0.1) is 0 Å².